The van der Waals surface area contributed by atoms with Gasteiger partial charge < -0.3 is 20.6 Å². The second kappa shape index (κ2) is 66.8. The fourth-order valence-electron chi connectivity index (χ4n) is 12.6. The summed E-state index contributed by atoms with van der Waals surface area (Å²) >= 11 is 7.54. The first-order valence-electron chi connectivity index (χ1n) is 40.9. The minimum Gasteiger partial charge on any atom is -0.412 e. The maximum absolute atomic E-state index is 13.4. The number of alkyl halides is 1. The Morgan fingerprint density at radius 1 is 0.315 bits per heavy atom. The van der Waals surface area contributed by atoms with Crippen molar-refractivity contribution in [3.8, 4) is 0 Å². The lowest BCUT2D eigenvalue weighted by Gasteiger charge is -2.35. The fourth-order valence-corrected chi connectivity index (χ4v) is 17.1. The number of halogens is 1. The van der Waals surface area contributed by atoms with Gasteiger partial charge in [-0.05, 0) is 102 Å². The molecule has 8 nitrogen and oxygen atoms in total. The van der Waals surface area contributed by atoms with Crippen LogP contribution in [0.5, 0.6) is 0 Å². The molecule has 0 aliphatic carbocycles. The van der Waals surface area contributed by atoms with Gasteiger partial charge in [-0.25, -0.2) is 0 Å². The number of thioether (sulfide) groups is 2. The lowest BCUT2D eigenvalue weighted by Crippen LogP contribution is -2.47. The number of piperazine rings is 3. The van der Waals surface area contributed by atoms with E-state index in [9.17, 15) is 4.21 Å². The summed E-state index contributed by atoms with van der Waals surface area (Å²) in [5.41, 5.74) is 12.2. The van der Waals surface area contributed by atoms with E-state index < -0.39 is 10.8 Å². The van der Waals surface area contributed by atoms with Crippen molar-refractivity contribution in [1.82, 2.24) is 29.8 Å². The Morgan fingerprint density at radius 3 is 0.824 bits per heavy atom. The maximum atomic E-state index is 13.4. The van der Waals surface area contributed by atoms with Crippen LogP contribution in [0.4, 0.5) is 0 Å². The van der Waals surface area contributed by atoms with Gasteiger partial charge in [0.2, 0.25) is 0 Å². The lowest BCUT2D eigenvalue weighted by molar-refractivity contribution is 0.137. The van der Waals surface area contributed by atoms with Gasteiger partial charge >= 0.3 is 0 Å². The monoisotopic (exact) mass is 1580 g/mol. The molecule has 592 valence electrons. The van der Waals surface area contributed by atoms with E-state index in [2.05, 4.69) is 306 Å². The highest BCUT2D eigenvalue weighted by atomic mass is 79.9. The minimum absolute atomic E-state index is 0. The molecule has 3 heterocycles. The Labute approximate surface area is 679 Å². The SMILES string of the molecule is BrCCCc1ccccc1.CC.CC.CC.CC.CC.CC.O.O=S(CCN1CCN(CCCc2ccccc2)CC1)C(c1ccccc1)c1ccccc1.c1ccc(C(SCCN2CCNCC2)c2ccccc2)cc1.c1ccc(CCCN2CCN(CCSC(c3ccccc3)c3ccccc3)CC2)cc1. The number of hydrogen-bond donors (Lipinski definition) is 1. The Kier molecular flexibility index (Phi) is 60.7. The number of rotatable bonds is 29. The fraction of sp³-hybridized carbons (Fsp3) is 0.438. The molecule has 0 spiro atoms. The van der Waals surface area contributed by atoms with E-state index in [1.54, 1.807) is 0 Å². The van der Waals surface area contributed by atoms with Crippen LogP contribution < -0.4 is 5.32 Å². The quantitative estimate of drug-likeness (QED) is 0.0461. The molecule has 1 unspecified atom stereocenters. The molecule has 3 fully saturated rings. The molecular weight excluding hydrogens is 1450 g/mol. The van der Waals surface area contributed by atoms with E-state index in [0.717, 1.165) is 68.7 Å². The van der Waals surface area contributed by atoms with Crippen molar-refractivity contribution >= 4 is 50.3 Å². The zero-order chi connectivity index (χ0) is 77.4. The van der Waals surface area contributed by atoms with E-state index in [-0.39, 0.29) is 10.7 Å². The molecule has 0 radical (unpaired) electrons. The molecule has 0 amide bonds. The van der Waals surface area contributed by atoms with Crippen LogP contribution in [-0.4, -0.2) is 168 Å². The van der Waals surface area contributed by atoms with Crippen LogP contribution in [0.25, 0.3) is 0 Å². The molecular formula is C96H141BrN6O2S3. The number of aryl methyl sites for hydroxylation is 3. The minimum atomic E-state index is -0.952. The highest BCUT2D eigenvalue weighted by Crippen LogP contribution is 2.37. The van der Waals surface area contributed by atoms with Gasteiger partial charge in [0.1, 0.15) is 0 Å². The predicted molar refractivity (Wildman–Crippen MR) is 487 cm³/mol. The van der Waals surface area contributed by atoms with Gasteiger partial charge in [0.05, 0.1) is 15.7 Å². The molecule has 0 aromatic heterocycles. The first-order chi connectivity index (χ1) is 53.0. The number of nitrogens with zero attached hydrogens (tertiary/aromatic N) is 5. The van der Waals surface area contributed by atoms with Crippen molar-refractivity contribution in [2.45, 2.75) is 137 Å². The van der Waals surface area contributed by atoms with Gasteiger partial charge in [-0.2, -0.15) is 0 Å². The van der Waals surface area contributed by atoms with Gasteiger partial charge in [0.15, 0.2) is 0 Å². The number of hydrogen-bond acceptors (Lipinski definition) is 9. The summed E-state index contributed by atoms with van der Waals surface area (Å²) in [6.45, 7) is 43.5. The summed E-state index contributed by atoms with van der Waals surface area (Å²) in [6.07, 6.45) is 7.23. The molecule has 0 bridgehead atoms. The largest absolute Gasteiger partial charge is 0.412 e. The van der Waals surface area contributed by atoms with Crippen molar-refractivity contribution in [3.05, 3.63) is 323 Å². The molecule has 3 saturated heterocycles. The second-order valence-corrected chi connectivity index (χ2v) is 29.7. The maximum Gasteiger partial charge on any atom is 0.0847 e. The third kappa shape index (κ3) is 40.8. The first kappa shape index (κ1) is 98.1. The summed E-state index contributed by atoms with van der Waals surface area (Å²) < 4.78 is 13.4. The van der Waals surface area contributed by atoms with Gasteiger partial charge in [0.25, 0.3) is 0 Å². The van der Waals surface area contributed by atoms with Crippen LogP contribution in [-0.2, 0) is 30.1 Å². The highest BCUT2D eigenvalue weighted by molar-refractivity contribution is 9.09. The van der Waals surface area contributed by atoms with E-state index in [1.165, 1.54) is 148 Å². The second-order valence-electron chi connectivity index (χ2n) is 24.8. The van der Waals surface area contributed by atoms with Gasteiger partial charge in [-0.3, -0.25) is 18.9 Å². The average Bonchev–Trinajstić information content (AvgIpc) is 0.834. The first-order valence-corrected chi connectivity index (χ1v) is 45.5. The molecule has 1 atom stereocenters. The third-order valence-electron chi connectivity index (χ3n) is 18.0. The van der Waals surface area contributed by atoms with E-state index in [4.69, 9.17) is 0 Å². The van der Waals surface area contributed by atoms with E-state index >= 15 is 0 Å². The molecule has 9 aromatic rings. The summed E-state index contributed by atoms with van der Waals surface area (Å²) in [4.78, 5) is 12.9. The molecule has 0 saturated carbocycles. The molecule has 3 aliphatic heterocycles. The van der Waals surface area contributed by atoms with Crippen molar-refractivity contribution in [3.63, 3.8) is 0 Å². The Hall–Kier alpha value is -5.97. The topological polar surface area (TPSA) is 76.8 Å². The lowest BCUT2D eigenvalue weighted by atomic mass is 10.0. The Bertz CT molecular complexity index is 3260. The normalized spacial score (nSPS) is 13.7. The van der Waals surface area contributed by atoms with Crippen LogP contribution in [0.2, 0.25) is 0 Å². The molecule has 3 N–H and O–H groups in total. The molecule has 108 heavy (non-hydrogen) atoms. The summed E-state index contributed by atoms with van der Waals surface area (Å²) in [6, 6.07) is 96.4. The third-order valence-corrected chi connectivity index (χ3v) is 22.8. The molecule has 3 aliphatic rings. The van der Waals surface area contributed by atoms with Crippen molar-refractivity contribution in [2.24, 2.45) is 0 Å². The molecule has 12 heteroatoms. The number of nitrogens with one attached hydrogen (secondary N) is 1. The Morgan fingerprint density at radius 2 is 0.546 bits per heavy atom. The molecule has 12 rings (SSSR count). The van der Waals surface area contributed by atoms with E-state index in [1.807, 2.05) is 119 Å². The van der Waals surface area contributed by atoms with Gasteiger partial charge in [-0.15, -0.1) is 23.5 Å². The van der Waals surface area contributed by atoms with Crippen LogP contribution in [0.15, 0.2) is 273 Å². The van der Waals surface area contributed by atoms with E-state index in [0.29, 0.717) is 16.3 Å². The van der Waals surface area contributed by atoms with Crippen molar-refractivity contribution in [1.29, 1.82) is 0 Å². The Balaban J connectivity index is 0.000000487. The van der Waals surface area contributed by atoms with Crippen LogP contribution in [0.3, 0.4) is 0 Å². The zero-order valence-electron chi connectivity index (χ0n) is 68.6. The summed E-state index contributed by atoms with van der Waals surface area (Å²) in [5.74, 6) is 3.05. The summed E-state index contributed by atoms with van der Waals surface area (Å²) in [7, 11) is -0.952. The van der Waals surface area contributed by atoms with Crippen LogP contribution in [0, 0.1) is 0 Å². The number of benzene rings is 9. The highest BCUT2D eigenvalue weighted by Gasteiger charge is 2.24. The van der Waals surface area contributed by atoms with Crippen molar-refractivity contribution < 1.29 is 9.69 Å². The van der Waals surface area contributed by atoms with Gasteiger partial charge in [-0.1, -0.05) is 372 Å². The van der Waals surface area contributed by atoms with Crippen LogP contribution >= 0.6 is 39.5 Å². The van der Waals surface area contributed by atoms with Crippen molar-refractivity contribution in [2.75, 3.05) is 134 Å². The summed E-state index contributed by atoms with van der Waals surface area (Å²) in [5, 5.41) is 5.31. The zero-order valence-corrected chi connectivity index (χ0v) is 72.6. The standard InChI is InChI=1S/C28H34N2OS.C28H34N2S.C19H24N2S.C9H11Br.6C2H6.H2O/c31-32(28(26-14-6-2-7-15-26)27-16-8-3-9-17-27)24-23-30-21-19-29(20-22-30)18-10-13-25-11-4-1-5-12-25;1-4-11-25(12-5-1)13-10-18-29-19-21-30(22-20-29)23-24-31-28(26-14-6-2-7-15-26)27-16-8-3-9-17-27;1-3-7-17(8-4-1)19(18-9-5-2-6-10-18)22-16-15-21-13-11-20-12-14-21;10-8-4-7-9-5-2-1-3-6-9;6*1-2;/h1-9,11-12,14-17,28H,10,13,18-24H2;1-9,11-12,14-17,28H,10,13,18-24H2;1-10,19-20H,11-16H2;1-3,5-6H,4,7-8H2;6*1-2H3;1H2. The smallest absolute Gasteiger partial charge is 0.0847 e. The van der Waals surface area contributed by atoms with Gasteiger partial charge in [0, 0.05) is 132 Å². The predicted octanol–water partition coefficient (Wildman–Crippen LogP) is 22.3. The van der Waals surface area contributed by atoms with Crippen LogP contribution in [0.1, 0.15) is 168 Å². The average molecular weight is 1590 g/mol. The molecule has 9 aromatic carbocycles.